The zero-order valence-corrected chi connectivity index (χ0v) is 5.73. The van der Waals surface area contributed by atoms with E-state index in [0.717, 1.165) is 0 Å². The van der Waals surface area contributed by atoms with Crippen LogP contribution in [0.4, 0.5) is 0 Å². The maximum absolute atomic E-state index is 0. The maximum Gasteiger partial charge on any atom is 0 e. The molecule has 0 amide bonds. The van der Waals surface area contributed by atoms with Gasteiger partial charge >= 0.3 is 0 Å². The predicted molar refractivity (Wildman–Crippen MR) is 24.5 cm³/mol. The SMILES string of the molecule is Cl.Cl.N.N.[Pd]. The van der Waals surface area contributed by atoms with Crippen molar-refractivity contribution in [1.82, 2.24) is 12.3 Å². The largest absolute Gasteiger partial charge is 0.344 e. The number of hydrogen-bond donors (Lipinski definition) is 2. The fourth-order valence-electron chi connectivity index (χ4n) is 0. The first-order valence-corrected chi connectivity index (χ1v) is 0. The molecule has 0 rings (SSSR count). The van der Waals surface area contributed by atoms with Crippen molar-refractivity contribution in [2.24, 2.45) is 0 Å². The molecule has 6 N–H and O–H groups in total. The molecule has 2 nitrogen and oxygen atoms in total. The minimum absolute atomic E-state index is 0. The molecule has 0 heterocycles. The van der Waals surface area contributed by atoms with Crippen LogP contribution < -0.4 is 12.3 Å². The molecule has 0 saturated carbocycles. The first-order chi connectivity index (χ1) is 0. The van der Waals surface area contributed by atoms with Gasteiger partial charge in [0.05, 0.1) is 0 Å². The minimum Gasteiger partial charge on any atom is -0.344 e. The second kappa shape index (κ2) is 66.2. The summed E-state index contributed by atoms with van der Waals surface area (Å²) in [5, 5.41) is 0. The molecule has 0 bridgehead atoms. The fraction of sp³-hybridized carbons (Fsp3) is 0. The van der Waals surface area contributed by atoms with Crippen molar-refractivity contribution < 1.29 is 20.4 Å². The number of hydrogen-bond acceptors (Lipinski definition) is 2. The van der Waals surface area contributed by atoms with E-state index in [4.69, 9.17) is 0 Å². The van der Waals surface area contributed by atoms with Crippen LogP contribution in [0.1, 0.15) is 0 Å². The average Bonchev–Trinajstić information content (AvgIpc) is 0. The van der Waals surface area contributed by atoms with Gasteiger partial charge in [0.25, 0.3) is 0 Å². The van der Waals surface area contributed by atoms with Gasteiger partial charge in [-0.3, -0.25) is 0 Å². The monoisotopic (exact) mass is 212 g/mol. The minimum atomic E-state index is 0. The molecular formula is H8Cl2N2Pd. The Bertz CT molecular complexity index is 7.61. The van der Waals surface area contributed by atoms with E-state index in [1.54, 1.807) is 0 Å². The van der Waals surface area contributed by atoms with Crippen LogP contribution in [0.15, 0.2) is 0 Å². The number of halogens is 2. The van der Waals surface area contributed by atoms with Crippen molar-refractivity contribution in [3.8, 4) is 0 Å². The predicted octanol–water partition coefficient (Wildman–Crippen LogP) is 1.17. The van der Waals surface area contributed by atoms with E-state index in [1.165, 1.54) is 0 Å². The van der Waals surface area contributed by atoms with Gasteiger partial charge < -0.3 is 12.3 Å². The molecule has 0 spiro atoms. The second-order valence-electron chi connectivity index (χ2n) is 0. The Morgan fingerprint density at radius 2 is 0.600 bits per heavy atom. The third kappa shape index (κ3) is 38.2. The van der Waals surface area contributed by atoms with Crippen LogP contribution in [0.5, 0.6) is 0 Å². The molecule has 5 heavy (non-hydrogen) atoms. The van der Waals surface area contributed by atoms with E-state index in [1.807, 2.05) is 0 Å². The summed E-state index contributed by atoms with van der Waals surface area (Å²) >= 11 is 0. The molecule has 0 aromatic rings. The van der Waals surface area contributed by atoms with E-state index in [0.29, 0.717) is 0 Å². The first-order valence-electron chi connectivity index (χ1n) is 0. The quantitative estimate of drug-likeness (QED) is 0.593. The second-order valence-corrected chi connectivity index (χ2v) is 0. The van der Waals surface area contributed by atoms with Gasteiger partial charge in [-0.1, -0.05) is 0 Å². The van der Waals surface area contributed by atoms with Gasteiger partial charge in [-0.05, 0) is 0 Å². The number of rotatable bonds is 0. The van der Waals surface area contributed by atoms with Gasteiger partial charge in [0, 0.05) is 20.4 Å². The Kier molecular flexibility index (Phi) is 1610. The van der Waals surface area contributed by atoms with Crippen molar-refractivity contribution in [2.75, 3.05) is 0 Å². The van der Waals surface area contributed by atoms with Crippen molar-refractivity contribution in [3.05, 3.63) is 0 Å². The fourth-order valence-corrected chi connectivity index (χ4v) is 0. The third-order valence-corrected chi connectivity index (χ3v) is 0. The van der Waals surface area contributed by atoms with Crippen LogP contribution >= 0.6 is 24.8 Å². The summed E-state index contributed by atoms with van der Waals surface area (Å²) in [5.41, 5.74) is 0. The van der Waals surface area contributed by atoms with Gasteiger partial charge in [0.15, 0.2) is 0 Å². The van der Waals surface area contributed by atoms with Crippen LogP contribution in [-0.4, -0.2) is 0 Å². The summed E-state index contributed by atoms with van der Waals surface area (Å²) in [6, 6.07) is 0. The summed E-state index contributed by atoms with van der Waals surface area (Å²) in [6.07, 6.45) is 0. The smallest absolute Gasteiger partial charge is 0 e. The molecule has 0 unspecified atom stereocenters. The Balaban J connectivity index is 0. The molecule has 0 radical (unpaired) electrons. The summed E-state index contributed by atoms with van der Waals surface area (Å²) in [4.78, 5) is 0. The van der Waals surface area contributed by atoms with Gasteiger partial charge in [-0.25, -0.2) is 0 Å². The summed E-state index contributed by atoms with van der Waals surface area (Å²) in [6.45, 7) is 0. The molecule has 0 fully saturated rings. The maximum atomic E-state index is 0. The van der Waals surface area contributed by atoms with E-state index < -0.39 is 0 Å². The van der Waals surface area contributed by atoms with Crippen molar-refractivity contribution in [3.63, 3.8) is 0 Å². The van der Waals surface area contributed by atoms with E-state index in [9.17, 15) is 0 Å². The van der Waals surface area contributed by atoms with Crippen LogP contribution in [0.2, 0.25) is 0 Å². The normalized spacial score (nSPS) is 0. The molecule has 0 aliphatic rings. The van der Waals surface area contributed by atoms with Crippen LogP contribution in [0.3, 0.4) is 0 Å². The zero-order chi connectivity index (χ0) is 0. The molecule has 0 saturated heterocycles. The van der Waals surface area contributed by atoms with Gasteiger partial charge in [-0.2, -0.15) is 0 Å². The standard InChI is InChI=1S/2ClH.2H3N.Pd/h2*1H;2*1H3;. The van der Waals surface area contributed by atoms with Crippen molar-refractivity contribution in [1.29, 1.82) is 0 Å². The van der Waals surface area contributed by atoms with Crippen molar-refractivity contribution >= 4 is 24.8 Å². The summed E-state index contributed by atoms with van der Waals surface area (Å²) in [5.74, 6) is 0. The molecule has 0 aliphatic heterocycles. The van der Waals surface area contributed by atoms with E-state index in [-0.39, 0.29) is 57.5 Å². The molecule has 0 aliphatic carbocycles. The summed E-state index contributed by atoms with van der Waals surface area (Å²) in [7, 11) is 0. The molecule has 0 aromatic carbocycles. The van der Waals surface area contributed by atoms with Gasteiger partial charge in [0.2, 0.25) is 0 Å². The topological polar surface area (TPSA) is 70.0 Å². The first kappa shape index (κ1) is 122. The van der Waals surface area contributed by atoms with Crippen molar-refractivity contribution in [2.45, 2.75) is 0 Å². The van der Waals surface area contributed by atoms with E-state index in [2.05, 4.69) is 0 Å². The Hall–Kier alpha value is 1.16. The molecule has 5 heteroatoms. The summed E-state index contributed by atoms with van der Waals surface area (Å²) < 4.78 is 0. The Morgan fingerprint density at radius 1 is 0.600 bits per heavy atom. The van der Waals surface area contributed by atoms with Crippen LogP contribution in [0.25, 0.3) is 0 Å². The average molecular weight is 213 g/mol. The van der Waals surface area contributed by atoms with Gasteiger partial charge in [-0.15, -0.1) is 24.8 Å². The van der Waals surface area contributed by atoms with E-state index >= 15 is 0 Å². The molecular weight excluding hydrogens is 205 g/mol. The van der Waals surface area contributed by atoms with Crippen LogP contribution in [0, 0.1) is 0 Å². The Morgan fingerprint density at radius 3 is 0.600 bits per heavy atom. The molecule has 0 aromatic heterocycles. The van der Waals surface area contributed by atoms with Crippen LogP contribution in [-0.2, 0) is 20.4 Å². The zero-order valence-electron chi connectivity index (χ0n) is 2.55. The van der Waals surface area contributed by atoms with Gasteiger partial charge in [0.1, 0.15) is 0 Å². The third-order valence-electron chi connectivity index (χ3n) is 0. The molecule has 42 valence electrons. The molecule has 0 atom stereocenters. The Labute approximate surface area is 57.7 Å².